The van der Waals surface area contributed by atoms with Crippen molar-refractivity contribution in [2.75, 3.05) is 6.61 Å². The molecule has 0 radical (unpaired) electrons. The number of carbonyl (C=O) groups is 2. The maximum atomic E-state index is 11.6. The highest BCUT2D eigenvalue weighted by molar-refractivity contribution is 9.10. The van der Waals surface area contributed by atoms with Gasteiger partial charge in [0, 0.05) is 10.5 Å². The van der Waals surface area contributed by atoms with E-state index >= 15 is 0 Å². The van der Waals surface area contributed by atoms with Gasteiger partial charge in [0.15, 0.2) is 6.10 Å². The van der Waals surface area contributed by atoms with Crippen LogP contribution in [0.3, 0.4) is 0 Å². The number of nitrogens with one attached hydrogen (secondary N) is 1. The number of esters is 1. The van der Waals surface area contributed by atoms with Gasteiger partial charge in [-0.05, 0) is 38.0 Å². The van der Waals surface area contributed by atoms with Gasteiger partial charge in [-0.25, -0.2) is 0 Å². The van der Waals surface area contributed by atoms with Gasteiger partial charge in [0.05, 0.1) is 13.0 Å². The SMILES string of the molecule is C[C@H](OC(=O)CCOc1cccc(Br)c1)C(=O)NC1CC1. The summed E-state index contributed by atoms with van der Waals surface area (Å²) < 4.78 is 11.4. The molecule has 0 bridgehead atoms. The van der Waals surface area contributed by atoms with Crippen LogP contribution in [0.2, 0.25) is 0 Å². The minimum absolute atomic E-state index is 0.105. The molecule has 2 rings (SSSR count). The summed E-state index contributed by atoms with van der Waals surface area (Å²) in [4.78, 5) is 23.3. The van der Waals surface area contributed by atoms with Crippen LogP contribution in [0.5, 0.6) is 5.75 Å². The fourth-order valence-corrected chi connectivity index (χ4v) is 2.04. The van der Waals surface area contributed by atoms with Crippen molar-refractivity contribution in [1.29, 1.82) is 0 Å². The van der Waals surface area contributed by atoms with Gasteiger partial charge in [-0.15, -0.1) is 0 Å². The largest absolute Gasteiger partial charge is 0.493 e. The van der Waals surface area contributed by atoms with E-state index in [1.54, 1.807) is 6.92 Å². The highest BCUT2D eigenvalue weighted by atomic mass is 79.9. The summed E-state index contributed by atoms with van der Waals surface area (Å²) in [5, 5.41) is 2.79. The molecule has 1 fully saturated rings. The first-order valence-corrected chi connectivity index (χ1v) is 7.72. The lowest BCUT2D eigenvalue weighted by atomic mass is 10.3. The molecule has 21 heavy (non-hydrogen) atoms. The van der Waals surface area contributed by atoms with Gasteiger partial charge in [-0.1, -0.05) is 22.0 Å². The Morgan fingerprint density at radius 3 is 2.86 bits per heavy atom. The van der Waals surface area contributed by atoms with Gasteiger partial charge in [0.2, 0.25) is 0 Å². The molecule has 5 nitrogen and oxygen atoms in total. The molecule has 0 saturated heterocycles. The predicted octanol–water partition coefficient (Wildman–Crippen LogP) is 2.43. The van der Waals surface area contributed by atoms with Crippen LogP contribution in [0.1, 0.15) is 26.2 Å². The molecule has 1 amide bonds. The van der Waals surface area contributed by atoms with E-state index in [-0.39, 0.29) is 25.0 Å². The Bertz CT molecular complexity index is 516. The molecule has 1 N–H and O–H groups in total. The van der Waals surface area contributed by atoms with Crippen LogP contribution in [0, 0.1) is 0 Å². The Morgan fingerprint density at radius 2 is 2.19 bits per heavy atom. The Morgan fingerprint density at radius 1 is 1.43 bits per heavy atom. The molecule has 0 heterocycles. The van der Waals surface area contributed by atoms with Crippen molar-refractivity contribution in [3.63, 3.8) is 0 Å². The van der Waals surface area contributed by atoms with Crippen LogP contribution < -0.4 is 10.1 Å². The summed E-state index contributed by atoms with van der Waals surface area (Å²) in [6.45, 7) is 1.79. The quantitative estimate of drug-likeness (QED) is 0.763. The van der Waals surface area contributed by atoms with E-state index in [9.17, 15) is 9.59 Å². The third-order valence-electron chi connectivity index (χ3n) is 2.97. The molecular formula is C15H18BrNO4. The fraction of sp³-hybridized carbons (Fsp3) is 0.467. The van der Waals surface area contributed by atoms with Gasteiger partial charge < -0.3 is 14.8 Å². The van der Waals surface area contributed by atoms with Crippen LogP contribution in [0.25, 0.3) is 0 Å². The predicted molar refractivity (Wildman–Crippen MR) is 81.0 cm³/mol. The molecule has 1 saturated carbocycles. The number of ether oxygens (including phenoxy) is 2. The van der Waals surface area contributed by atoms with E-state index in [2.05, 4.69) is 21.2 Å². The summed E-state index contributed by atoms with van der Waals surface area (Å²) in [6.07, 6.45) is 1.36. The number of benzene rings is 1. The van der Waals surface area contributed by atoms with Crippen LogP contribution >= 0.6 is 15.9 Å². The van der Waals surface area contributed by atoms with E-state index < -0.39 is 12.1 Å². The third-order valence-corrected chi connectivity index (χ3v) is 3.47. The average Bonchev–Trinajstić information content (AvgIpc) is 3.22. The van der Waals surface area contributed by atoms with Crippen LogP contribution in [0.4, 0.5) is 0 Å². The second-order valence-electron chi connectivity index (χ2n) is 4.97. The molecule has 114 valence electrons. The normalized spacial score (nSPS) is 15.1. The van der Waals surface area contributed by atoms with Crippen LogP contribution in [0.15, 0.2) is 28.7 Å². The Hall–Kier alpha value is -1.56. The van der Waals surface area contributed by atoms with Gasteiger partial charge in [0.25, 0.3) is 5.91 Å². The number of carbonyl (C=O) groups excluding carboxylic acids is 2. The zero-order valence-electron chi connectivity index (χ0n) is 11.8. The number of hydrogen-bond donors (Lipinski definition) is 1. The molecule has 1 aromatic carbocycles. The molecule has 0 unspecified atom stereocenters. The third kappa shape index (κ3) is 5.75. The van der Waals surface area contributed by atoms with Crippen LogP contribution in [-0.2, 0) is 14.3 Å². The second-order valence-corrected chi connectivity index (χ2v) is 5.89. The van der Waals surface area contributed by atoms with E-state index in [4.69, 9.17) is 9.47 Å². The summed E-state index contributed by atoms with van der Waals surface area (Å²) in [6, 6.07) is 7.63. The van der Waals surface area contributed by atoms with Crippen molar-refractivity contribution in [3.05, 3.63) is 28.7 Å². The topological polar surface area (TPSA) is 64.6 Å². The van der Waals surface area contributed by atoms with Crippen molar-refractivity contribution < 1.29 is 19.1 Å². The molecule has 1 aromatic rings. The first-order valence-electron chi connectivity index (χ1n) is 6.93. The van der Waals surface area contributed by atoms with Gasteiger partial charge in [-0.3, -0.25) is 9.59 Å². The van der Waals surface area contributed by atoms with Crippen molar-refractivity contribution in [2.45, 2.75) is 38.3 Å². The second kappa shape index (κ2) is 7.45. The Labute approximate surface area is 132 Å². The van der Waals surface area contributed by atoms with Gasteiger partial charge >= 0.3 is 5.97 Å². The molecular weight excluding hydrogens is 338 g/mol. The summed E-state index contributed by atoms with van der Waals surface area (Å²) >= 11 is 3.34. The maximum Gasteiger partial charge on any atom is 0.310 e. The number of hydrogen-bond acceptors (Lipinski definition) is 4. The lowest BCUT2D eigenvalue weighted by Gasteiger charge is -2.13. The standard InChI is InChI=1S/C15H18BrNO4/c1-10(15(19)17-12-5-6-12)21-14(18)7-8-20-13-4-2-3-11(16)9-13/h2-4,9-10,12H,5-8H2,1H3,(H,17,19)/t10-/m0/s1. The molecule has 1 atom stereocenters. The van der Waals surface area contributed by atoms with Gasteiger partial charge in [0.1, 0.15) is 5.75 Å². The minimum atomic E-state index is -0.760. The minimum Gasteiger partial charge on any atom is -0.493 e. The number of rotatable bonds is 7. The Kier molecular flexibility index (Phi) is 5.61. The van der Waals surface area contributed by atoms with Crippen LogP contribution in [-0.4, -0.2) is 30.6 Å². The molecule has 0 aromatic heterocycles. The van der Waals surface area contributed by atoms with Crippen molar-refractivity contribution in [2.24, 2.45) is 0 Å². The highest BCUT2D eigenvalue weighted by Gasteiger charge is 2.27. The molecule has 0 spiro atoms. The zero-order valence-corrected chi connectivity index (χ0v) is 13.4. The van der Waals surface area contributed by atoms with E-state index in [1.165, 1.54) is 0 Å². The van der Waals surface area contributed by atoms with E-state index in [1.807, 2.05) is 24.3 Å². The lowest BCUT2D eigenvalue weighted by molar-refractivity contribution is -0.155. The summed E-state index contributed by atoms with van der Waals surface area (Å²) in [5.41, 5.74) is 0. The summed E-state index contributed by atoms with van der Waals surface area (Å²) in [5.74, 6) is -0.00102. The molecule has 0 aliphatic heterocycles. The molecule has 1 aliphatic carbocycles. The van der Waals surface area contributed by atoms with Crippen molar-refractivity contribution in [3.8, 4) is 5.75 Å². The Balaban J connectivity index is 1.65. The number of halogens is 1. The van der Waals surface area contributed by atoms with E-state index in [0.29, 0.717) is 5.75 Å². The lowest BCUT2D eigenvalue weighted by Crippen LogP contribution is -2.37. The highest BCUT2D eigenvalue weighted by Crippen LogP contribution is 2.19. The molecule has 1 aliphatic rings. The first kappa shape index (κ1) is 15.8. The van der Waals surface area contributed by atoms with Crippen molar-refractivity contribution >= 4 is 27.8 Å². The maximum absolute atomic E-state index is 11.6. The summed E-state index contributed by atoms with van der Waals surface area (Å²) in [7, 11) is 0. The number of amides is 1. The smallest absolute Gasteiger partial charge is 0.310 e. The zero-order chi connectivity index (χ0) is 15.2. The van der Waals surface area contributed by atoms with Crippen molar-refractivity contribution in [1.82, 2.24) is 5.32 Å². The van der Waals surface area contributed by atoms with E-state index in [0.717, 1.165) is 17.3 Å². The monoisotopic (exact) mass is 355 g/mol. The first-order chi connectivity index (χ1) is 10.0. The average molecular weight is 356 g/mol. The van der Waals surface area contributed by atoms with Gasteiger partial charge in [-0.2, -0.15) is 0 Å². The molecule has 6 heteroatoms. The fourth-order valence-electron chi connectivity index (χ4n) is 1.66.